The Bertz CT molecular complexity index is 1580. The number of carbonyl (C=O) groups excluding carboxylic acids is 3. The van der Waals surface area contributed by atoms with Gasteiger partial charge in [-0.05, 0) is 74.9 Å². The second kappa shape index (κ2) is 20.3. The molecule has 0 aliphatic carbocycles. The number of esters is 2. The van der Waals surface area contributed by atoms with E-state index in [-0.39, 0.29) is 25.0 Å². The molecule has 0 amide bonds. The third kappa shape index (κ3) is 11.5. The van der Waals surface area contributed by atoms with Crippen molar-refractivity contribution in [3.8, 4) is 0 Å². The lowest BCUT2D eigenvalue weighted by Crippen LogP contribution is -2.64. The number of Topliss-reactive ketones (excluding diaryl/α,β-unsaturated/α-hetero) is 1. The van der Waals surface area contributed by atoms with E-state index < -0.39 is 130 Å². The van der Waals surface area contributed by atoms with Gasteiger partial charge in [-0.3, -0.25) is 14.4 Å². The van der Waals surface area contributed by atoms with Crippen LogP contribution in [-0.4, -0.2) is 171 Å². The monoisotopic (exact) mass is 880 g/mol. The lowest BCUT2D eigenvalue weighted by Gasteiger charge is -2.51. The molecule has 0 aromatic heterocycles. The largest absolute Gasteiger partial charge is 0.459 e. The van der Waals surface area contributed by atoms with Crippen LogP contribution in [0, 0.1) is 23.7 Å². The molecule has 2 N–H and O–H groups in total. The smallest absolute Gasteiger partial charge is 0.311 e. The summed E-state index contributed by atoms with van der Waals surface area (Å²) in [5.41, 5.74) is -4.41. The Hall–Kier alpha value is -1.84. The summed E-state index contributed by atoms with van der Waals surface area (Å²) < 4.78 is 78.1. The number of likely N-dealkylation sites (N-methyl/N-ethyl adjacent to an activating group) is 2. The Labute approximate surface area is 358 Å². The number of ketones is 1. The van der Waals surface area contributed by atoms with Gasteiger partial charge in [0.1, 0.15) is 23.1 Å². The van der Waals surface area contributed by atoms with Gasteiger partial charge in [0.25, 0.3) is 0 Å². The molecule has 18 atom stereocenters. The van der Waals surface area contributed by atoms with Crippen LogP contribution in [0.15, 0.2) is 0 Å². The Balaban J connectivity index is 2.30. The standard InChI is InChI=1S/C42H76N2O15S/c1-18-30-42(11,49)35(47)24(4)33(46)22(2)20-40(9,52-15)36(59-39-32(43(12)13)29(19-23(3)54-39)44(14)60(17,50)51)25(5)34(26(6)38(48)57-30)58-31-21-41(10,53-16)37(27(7)55-31)56-28(8)45/h22-27,29-32,34-37,39,47,49H,18-21H2,1-17H3/t22-,23-,24+,25+,26-,27+,29-,30-,31+,32+,34+,35-,36-,37+,39+,40+,41-,42-/m1/s1. The van der Waals surface area contributed by atoms with Crippen LogP contribution in [0.4, 0.5) is 0 Å². The van der Waals surface area contributed by atoms with Crippen molar-refractivity contribution in [2.45, 2.75) is 186 Å². The van der Waals surface area contributed by atoms with E-state index >= 15 is 0 Å². The molecule has 3 aliphatic heterocycles. The molecule has 3 rings (SSSR count). The molecule has 0 aromatic rings. The van der Waals surface area contributed by atoms with E-state index in [0.717, 1.165) is 6.26 Å². The molecule has 60 heavy (non-hydrogen) atoms. The highest BCUT2D eigenvalue weighted by Crippen LogP contribution is 2.42. The van der Waals surface area contributed by atoms with Crippen molar-refractivity contribution in [3.63, 3.8) is 0 Å². The molecular formula is C42H76N2O15S. The Morgan fingerprint density at radius 2 is 1.47 bits per heavy atom. The minimum Gasteiger partial charge on any atom is -0.459 e. The van der Waals surface area contributed by atoms with Crippen LogP contribution in [0.2, 0.25) is 0 Å². The topological polar surface area (TPSA) is 206 Å². The molecule has 0 radical (unpaired) electrons. The summed E-state index contributed by atoms with van der Waals surface area (Å²) >= 11 is 0. The van der Waals surface area contributed by atoms with Gasteiger partial charge in [0.2, 0.25) is 10.0 Å². The van der Waals surface area contributed by atoms with Gasteiger partial charge in [-0.15, -0.1) is 0 Å². The Morgan fingerprint density at radius 3 is 1.97 bits per heavy atom. The number of methoxy groups -OCH3 is 2. The molecule has 3 heterocycles. The number of rotatable bonds is 11. The van der Waals surface area contributed by atoms with Gasteiger partial charge in [-0.25, -0.2) is 12.7 Å². The average Bonchev–Trinajstić information content (AvgIpc) is 3.16. The molecule has 3 fully saturated rings. The van der Waals surface area contributed by atoms with Crippen LogP contribution in [0.1, 0.15) is 102 Å². The first-order valence-electron chi connectivity index (χ1n) is 21.1. The first-order valence-corrected chi connectivity index (χ1v) is 23.0. The van der Waals surface area contributed by atoms with E-state index in [2.05, 4.69) is 0 Å². The summed E-state index contributed by atoms with van der Waals surface area (Å²) in [4.78, 5) is 42.6. The second-order valence-electron chi connectivity index (χ2n) is 18.5. The van der Waals surface area contributed by atoms with E-state index in [9.17, 15) is 33.0 Å². The SMILES string of the molecule is CC[C@H]1OC(=O)[C@H](C)[C@@H](O[C@H]2C[C@@](C)(OC)[C@@H](OC(C)=O)[C@H](C)O2)[C@H](C)[C@@H](O[C@@H]2O[C@H](C)C[C@@H](N(C)S(C)(=O)=O)[C@@H]2N(C)C)[C@@](C)(OC)C[C@@H](C)C(=O)[C@H](C)[C@@H](O)[C@]1(C)O. The lowest BCUT2D eigenvalue weighted by molar-refractivity contribution is -0.314. The van der Waals surface area contributed by atoms with Crippen LogP contribution in [0.3, 0.4) is 0 Å². The predicted molar refractivity (Wildman–Crippen MR) is 221 cm³/mol. The second-order valence-corrected chi connectivity index (χ2v) is 20.5. The zero-order valence-corrected chi connectivity index (χ0v) is 39.8. The van der Waals surface area contributed by atoms with E-state index in [1.54, 1.807) is 41.5 Å². The van der Waals surface area contributed by atoms with Gasteiger partial charge in [0, 0.05) is 58.4 Å². The fraction of sp³-hybridized carbons (Fsp3) is 0.929. The van der Waals surface area contributed by atoms with Gasteiger partial charge in [0.15, 0.2) is 18.7 Å². The van der Waals surface area contributed by atoms with Crippen LogP contribution in [-0.2, 0) is 62.3 Å². The van der Waals surface area contributed by atoms with Crippen LogP contribution >= 0.6 is 0 Å². The minimum atomic E-state index is -3.65. The number of hydrogen-bond donors (Lipinski definition) is 2. The molecule has 0 bridgehead atoms. The molecule has 0 aromatic carbocycles. The van der Waals surface area contributed by atoms with E-state index in [4.69, 9.17) is 37.9 Å². The Kier molecular flexibility index (Phi) is 17.8. The van der Waals surface area contributed by atoms with Crippen molar-refractivity contribution in [2.24, 2.45) is 23.7 Å². The molecule has 0 saturated carbocycles. The highest BCUT2D eigenvalue weighted by Gasteiger charge is 2.55. The van der Waals surface area contributed by atoms with Crippen molar-refractivity contribution < 1.29 is 70.9 Å². The van der Waals surface area contributed by atoms with Gasteiger partial charge < -0.3 is 53.0 Å². The van der Waals surface area contributed by atoms with Gasteiger partial charge >= 0.3 is 11.9 Å². The first kappa shape index (κ1) is 52.5. The van der Waals surface area contributed by atoms with E-state index in [0.29, 0.717) is 6.42 Å². The number of carbonyl (C=O) groups is 3. The number of hydrogen-bond acceptors (Lipinski definition) is 16. The number of sulfonamides is 1. The fourth-order valence-corrected chi connectivity index (χ4v) is 10.4. The quantitative estimate of drug-likeness (QED) is 0.286. The van der Waals surface area contributed by atoms with Gasteiger partial charge in [0.05, 0.1) is 54.3 Å². The molecule has 3 aliphatic rings. The van der Waals surface area contributed by atoms with E-state index in [1.165, 1.54) is 46.3 Å². The maximum Gasteiger partial charge on any atom is 0.311 e. The van der Waals surface area contributed by atoms with Gasteiger partial charge in [-0.2, -0.15) is 0 Å². The third-order valence-electron chi connectivity index (χ3n) is 13.4. The lowest BCUT2D eigenvalue weighted by atomic mass is 9.74. The number of ether oxygens (including phenoxy) is 8. The van der Waals surface area contributed by atoms with Crippen molar-refractivity contribution in [3.05, 3.63) is 0 Å². The molecule has 0 unspecified atom stereocenters. The summed E-state index contributed by atoms with van der Waals surface area (Å²) in [6, 6.07) is -1.20. The number of aliphatic hydroxyl groups excluding tert-OH is 1. The maximum atomic E-state index is 14.4. The van der Waals surface area contributed by atoms with Crippen LogP contribution in [0.25, 0.3) is 0 Å². The van der Waals surface area contributed by atoms with Gasteiger partial charge in [-0.1, -0.05) is 27.7 Å². The molecule has 3 saturated heterocycles. The molecule has 17 nitrogen and oxygen atoms in total. The normalized spacial score (nSPS) is 44.3. The number of cyclic esters (lactones) is 1. The zero-order chi connectivity index (χ0) is 46.0. The van der Waals surface area contributed by atoms with Crippen molar-refractivity contribution >= 4 is 27.7 Å². The predicted octanol–water partition coefficient (Wildman–Crippen LogP) is 2.91. The first-order chi connectivity index (χ1) is 27.5. The van der Waals surface area contributed by atoms with Crippen LogP contribution in [0.5, 0.6) is 0 Å². The molecule has 18 heteroatoms. The molecule has 350 valence electrons. The highest BCUT2D eigenvalue weighted by molar-refractivity contribution is 7.88. The van der Waals surface area contributed by atoms with Crippen molar-refractivity contribution in [1.82, 2.24) is 9.21 Å². The average molecular weight is 881 g/mol. The maximum absolute atomic E-state index is 14.4. The van der Waals surface area contributed by atoms with Crippen LogP contribution < -0.4 is 0 Å². The Morgan fingerprint density at radius 1 is 0.900 bits per heavy atom. The van der Waals surface area contributed by atoms with Crippen molar-refractivity contribution in [2.75, 3.05) is 41.6 Å². The van der Waals surface area contributed by atoms with Crippen molar-refractivity contribution in [1.29, 1.82) is 0 Å². The summed E-state index contributed by atoms with van der Waals surface area (Å²) in [5.74, 6) is -5.31. The number of nitrogens with zero attached hydrogens (tertiary/aromatic N) is 2. The third-order valence-corrected chi connectivity index (χ3v) is 14.8. The highest BCUT2D eigenvalue weighted by atomic mass is 32.2. The summed E-state index contributed by atoms with van der Waals surface area (Å²) in [5, 5.41) is 23.3. The summed E-state index contributed by atoms with van der Waals surface area (Å²) in [7, 11) is 4.49. The fourth-order valence-electron chi connectivity index (χ4n) is 9.65. The minimum absolute atomic E-state index is 0.0592. The molecular weight excluding hydrogens is 805 g/mol. The zero-order valence-electron chi connectivity index (χ0n) is 39.0. The number of aliphatic hydroxyl groups is 2. The summed E-state index contributed by atoms with van der Waals surface area (Å²) in [6.07, 6.45) is -7.17. The molecule has 0 spiro atoms. The summed E-state index contributed by atoms with van der Waals surface area (Å²) in [6.45, 7) is 18.2. The van der Waals surface area contributed by atoms with E-state index in [1.807, 2.05) is 32.8 Å².